The van der Waals surface area contributed by atoms with E-state index in [1.807, 2.05) is 0 Å². The van der Waals surface area contributed by atoms with Gasteiger partial charge in [-0.3, -0.25) is 4.79 Å². The van der Waals surface area contributed by atoms with E-state index in [0.717, 1.165) is 0 Å². The number of halogens is 5. The van der Waals surface area contributed by atoms with Crippen LogP contribution in [0, 0.1) is 17.3 Å². The third-order valence-corrected chi connectivity index (χ3v) is 4.13. The number of esters is 1. The predicted octanol–water partition coefficient (Wildman–Crippen LogP) is 3.56. The van der Waals surface area contributed by atoms with E-state index in [2.05, 4.69) is 4.74 Å². The molecule has 100 valence electrons. The van der Waals surface area contributed by atoms with Crippen molar-refractivity contribution in [2.24, 2.45) is 17.3 Å². The van der Waals surface area contributed by atoms with Crippen molar-refractivity contribution in [3.63, 3.8) is 0 Å². The van der Waals surface area contributed by atoms with Crippen LogP contribution in [0.3, 0.4) is 0 Å². The van der Waals surface area contributed by atoms with Gasteiger partial charge in [0.2, 0.25) is 4.33 Å². The van der Waals surface area contributed by atoms with Crippen molar-refractivity contribution in [3.8, 4) is 0 Å². The first-order chi connectivity index (χ1) is 7.45. The molecular formula is C10H13Cl2F3O2. The highest BCUT2D eigenvalue weighted by Gasteiger charge is 2.67. The quantitative estimate of drug-likeness (QED) is 0.587. The molecule has 1 aliphatic rings. The Bertz CT molecular complexity index is 326. The Hall–Kier alpha value is -0.160. The number of alkyl halides is 5. The van der Waals surface area contributed by atoms with Gasteiger partial charge < -0.3 is 4.74 Å². The fourth-order valence-corrected chi connectivity index (χ4v) is 2.44. The summed E-state index contributed by atoms with van der Waals surface area (Å²) in [7, 11) is 1.20. The lowest BCUT2D eigenvalue weighted by Gasteiger charge is -2.23. The van der Waals surface area contributed by atoms with E-state index in [4.69, 9.17) is 23.2 Å². The zero-order chi connectivity index (χ0) is 13.6. The minimum Gasteiger partial charge on any atom is -0.469 e. The van der Waals surface area contributed by atoms with Gasteiger partial charge in [0.05, 0.1) is 13.0 Å². The molecule has 0 bridgehead atoms. The zero-order valence-electron chi connectivity index (χ0n) is 9.57. The molecule has 0 aliphatic heterocycles. The van der Waals surface area contributed by atoms with Crippen LogP contribution in [0.15, 0.2) is 0 Å². The number of carbonyl (C=O) groups excluding carboxylic acids is 1. The zero-order valence-corrected chi connectivity index (χ0v) is 11.1. The minimum absolute atomic E-state index is 0.508. The Morgan fingerprint density at radius 3 is 2.18 bits per heavy atom. The van der Waals surface area contributed by atoms with Crippen LogP contribution in [-0.4, -0.2) is 23.6 Å². The molecule has 0 saturated heterocycles. The van der Waals surface area contributed by atoms with E-state index >= 15 is 0 Å². The molecule has 1 rings (SSSR count). The molecule has 0 radical (unpaired) electrons. The lowest BCUT2D eigenvalue weighted by atomic mass is 10.1. The Morgan fingerprint density at radius 1 is 1.35 bits per heavy atom. The number of rotatable bonds is 3. The summed E-state index contributed by atoms with van der Waals surface area (Å²) in [5.74, 6) is -1.62. The normalized spacial score (nSPS) is 27.8. The Morgan fingerprint density at radius 2 is 1.82 bits per heavy atom. The summed E-state index contributed by atoms with van der Waals surface area (Å²) in [6, 6.07) is 0. The summed E-state index contributed by atoms with van der Waals surface area (Å²) in [6.07, 6.45) is -5.22. The summed E-state index contributed by atoms with van der Waals surface area (Å²) in [6.45, 7) is 3.39. The van der Waals surface area contributed by atoms with Gasteiger partial charge >= 0.3 is 12.1 Å². The monoisotopic (exact) mass is 292 g/mol. The van der Waals surface area contributed by atoms with Crippen molar-refractivity contribution in [2.45, 2.75) is 30.8 Å². The molecule has 0 unspecified atom stereocenters. The van der Waals surface area contributed by atoms with E-state index in [1.165, 1.54) is 7.11 Å². The Labute approximate surface area is 107 Å². The maximum Gasteiger partial charge on any atom is 0.421 e. The van der Waals surface area contributed by atoms with Crippen LogP contribution < -0.4 is 0 Å². The molecule has 0 aromatic carbocycles. The summed E-state index contributed by atoms with van der Waals surface area (Å²) in [5, 5.41) is 0. The average Bonchev–Trinajstić information content (AvgIpc) is 2.64. The van der Waals surface area contributed by atoms with Crippen LogP contribution in [0.1, 0.15) is 20.3 Å². The van der Waals surface area contributed by atoms with Gasteiger partial charge in [-0.15, -0.1) is 0 Å². The van der Waals surface area contributed by atoms with Gasteiger partial charge in [0.15, 0.2) is 0 Å². The average molecular weight is 293 g/mol. The second-order valence-electron chi connectivity index (χ2n) is 4.84. The molecule has 0 aromatic heterocycles. The van der Waals surface area contributed by atoms with Crippen LogP contribution >= 0.6 is 23.2 Å². The van der Waals surface area contributed by atoms with Crippen LogP contribution in [-0.2, 0) is 9.53 Å². The molecule has 0 heterocycles. The molecule has 1 aliphatic carbocycles. The van der Waals surface area contributed by atoms with Crippen LogP contribution in [0.25, 0.3) is 0 Å². The molecule has 0 aromatic rings. The lowest BCUT2D eigenvalue weighted by Crippen LogP contribution is -2.35. The standard InChI is InChI=1S/C10H13Cl2F3O2/c1-8(2)5(6(8)7(16)17-3)4-9(11,12)10(13,14)15/h5-6H,4H2,1-3H3/t5-,6-/m1/s1. The highest BCUT2D eigenvalue weighted by Crippen LogP contribution is 2.64. The fraction of sp³-hybridized carbons (Fsp3) is 0.900. The first kappa shape index (κ1) is 14.9. The van der Waals surface area contributed by atoms with Gasteiger partial charge in [-0.1, -0.05) is 37.0 Å². The number of methoxy groups -OCH3 is 1. The van der Waals surface area contributed by atoms with Crippen molar-refractivity contribution < 1.29 is 22.7 Å². The van der Waals surface area contributed by atoms with Crippen molar-refractivity contribution in [1.29, 1.82) is 0 Å². The predicted molar refractivity (Wildman–Crippen MR) is 57.9 cm³/mol. The molecule has 17 heavy (non-hydrogen) atoms. The van der Waals surface area contributed by atoms with Gasteiger partial charge in [0.1, 0.15) is 0 Å². The Balaban J connectivity index is 2.76. The van der Waals surface area contributed by atoms with E-state index in [9.17, 15) is 18.0 Å². The van der Waals surface area contributed by atoms with Crippen molar-refractivity contribution >= 4 is 29.2 Å². The lowest BCUT2D eigenvalue weighted by molar-refractivity contribution is -0.147. The van der Waals surface area contributed by atoms with E-state index < -0.39 is 40.2 Å². The summed E-state index contributed by atoms with van der Waals surface area (Å²) in [4.78, 5) is 11.3. The SMILES string of the molecule is COC(=O)[C@H]1[C@@H](CC(Cl)(Cl)C(F)(F)F)C1(C)C. The first-order valence-electron chi connectivity index (χ1n) is 4.97. The van der Waals surface area contributed by atoms with Crippen molar-refractivity contribution in [2.75, 3.05) is 7.11 Å². The van der Waals surface area contributed by atoms with Gasteiger partial charge in [-0.25, -0.2) is 0 Å². The highest BCUT2D eigenvalue weighted by molar-refractivity contribution is 6.49. The second-order valence-corrected chi connectivity index (χ2v) is 6.32. The summed E-state index contributed by atoms with van der Waals surface area (Å²) < 4.78 is 39.2. The van der Waals surface area contributed by atoms with Crippen LogP contribution in [0.2, 0.25) is 0 Å². The topological polar surface area (TPSA) is 26.3 Å². The molecule has 2 nitrogen and oxygen atoms in total. The van der Waals surface area contributed by atoms with Crippen LogP contribution in [0.4, 0.5) is 13.2 Å². The van der Waals surface area contributed by atoms with Crippen LogP contribution in [0.5, 0.6) is 0 Å². The molecule has 7 heteroatoms. The smallest absolute Gasteiger partial charge is 0.421 e. The van der Waals surface area contributed by atoms with E-state index in [1.54, 1.807) is 13.8 Å². The van der Waals surface area contributed by atoms with E-state index in [-0.39, 0.29) is 0 Å². The number of hydrogen-bond acceptors (Lipinski definition) is 2. The third kappa shape index (κ3) is 2.65. The molecule has 1 saturated carbocycles. The van der Waals surface area contributed by atoms with Gasteiger partial charge in [0.25, 0.3) is 0 Å². The first-order valence-corrected chi connectivity index (χ1v) is 5.73. The van der Waals surface area contributed by atoms with Gasteiger partial charge in [-0.05, 0) is 17.8 Å². The maximum atomic E-state index is 12.5. The molecule has 0 amide bonds. The molecule has 2 atom stereocenters. The second kappa shape index (κ2) is 4.19. The minimum atomic E-state index is -4.71. The molecule has 0 spiro atoms. The summed E-state index contributed by atoms with van der Waals surface area (Å²) in [5.41, 5.74) is -0.562. The molecule has 0 N–H and O–H groups in total. The number of hydrogen-bond donors (Lipinski definition) is 0. The maximum absolute atomic E-state index is 12.5. The van der Waals surface area contributed by atoms with Gasteiger partial charge in [0, 0.05) is 0 Å². The summed E-state index contributed by atoms with van der Waals surface area (Å²) >= 11 is 10.6. The van der Waals surface area contributed by atoms with Crippen molar-refractivity contribution in [1.82, 2.24) is 0 Å². The third-order valence-electron chi connectivity index (χ3n) is 3.40. The van der Waals surface area contributed by atoms with E-state index in [0.29, 0.717) is 0 Å². The number of ether oxygens (including phenoxy) is 1. The highest BCUT2D eigenvalue weighted by atomic mass is 35.5. The largest absolute Gasteiger partial charge is 0.469 e. The van der Waals surface area contributed by atoms with Crippen molar-refractivity contribution in [3.05, 3.63) is 0 Å². The van der Waals surface area contributed by atoms with Gasteiger partial charge in [-0.2, -0.15) is 13.2 Å². The Kier molecular flexibility index (Phi) is 3.68. The molecular weight excluding hydrogens is 280 g/mol. The number of carbonyl (C=O) groups is 1. The molecule has 1 fully saturated rings. The fourth-order valence-electron chi connectivity index (χ4n) is 2.11.